The van der Waals surface area contributed by atoms with E-state index in [1.807, 2.05) is 0 Å². The van der Waals surface area contributed by atoms with Crippen LogP contribution in [0.1, 0.15) is 99.8 Å². The first kappa shape index (κ1) is 39.9. The lowest BCUT2D eigenvalue weighted by Gasteiger charge is -2.64. The quantitative estimate of drug-likeness (QED) is 0.176. The van der Waals surface area contributed by atoms with E-state index in [4.69, 9.17) is 28.4 Å². The molecule has 0 aromatic carbocycles. The molecule has 4 aliphatic heterocycles. The van der Waals surface area contributed by atoms with Crippen molar-refractivity contribution >= 4 is 0 Å². The first-order valence-corrected chi connectivity index (χ1v) is 21.0. The average Bonchev–Trinajstić information content (AvgIpc) is 3.63. The minimum atomic E-state index is -1.61. The van der Waals surface area contributed by atoms with Gasteiger partial charge in [-0.1, -0.05) is 34.6 Å². The molecule has 3 spiro atoms. The zero-order chi connectivity index (χ0) is 39.6. The molecule has 14 nitrogen and oxygen atoms in total. The van der Waals surface area contributed by atoms with E-state index in [-0.39, 0.29) is 58.2 Å². The molecule has 55 heavy (non-hydrogen) atoms. The fourth-order valence-electron chi connectivity index (χ4n) is 15.5. The number of hydrogen-bond acceptors (Lipinski definition) is 14. The van der Waals surface area contributed by atoms with Crippen LogP contribution in [0.15, 0.2) is 0 Å². The van der Waals surface area contributed by atoms with Crippen molar-refractivity contribution in [2.45, 2.75) is 191 Å². The third kappa shape index (κ3) is 4.98. The molecule has 22 atom stereocenters. The Labute approximate surface area is 323 Å². The van der Waals surface area contributed by atoms with Crippen LogP contribution in [-0.4, -0.2) is 145 Å². The number of fused-ring (bicyclic) bond motifs is 4. The van der Waals surface area contributed by atoms with Crippen LogP contribution in [0.25, 0.3) is 0 Å². The summed E-state index contributed by atoms with van der Waals surface area (Å²) in [5, 5.41) is 85.7. The minimum absolute atomic E-state index is 0.0222. The fraction of sp³-hybridized carbons (Fsp3) is 1.00. The molecule has 9 aliphatic rings. The van der Waals surface area contributed by atoms with Gasteiger partial charge in [-0.25, -0.2) is 0 Å². The molecule has 9 fully saturated rings. The summed E-state index contributed by atoms with van der Waals surface area (Å²) in [7, 11) is 0. The second-order valence-electron chi connectivity index (χ2n) is 21.1. The third-order valence-corrected chi connectivity index (χ3v) is 18.0. The van der Waals surface area contributed by atoms with Gasteiger partial charge < -0.3 is 69.3 Å². The summed E-state index contributed by atoms with van der Waals surface area (Å²) >= 11 is 0. The van der Waals surface area contributed by atoms with Gasteiger partial charge in [-0.3, -0.25) is 0 Å². The summed E-state index contributed by atoms with van der Waals surface area (Å²) in [4.78, 5) is 0. The van der Waals surface area contributed by atoms with Crippen molar-refractivity contribution in [2.24, 2.45) is 50.7 Å². The van der Waals surface area contributed by atoms with Crippen molar-refractivity contribution in [1.29, 1.82) is 0 Å². The van der Waals surface area contributed by atoms with Gasteiger partial charge in [0.15, 0.2) is 18.4 Å². The zero-order valence-electron chi connectivity index (χ0n) is 33.4. The van der Waals surface area contributed by atoms with Gasteiger partial charge in [0.2, 0.25) is 0 Å². The highest BCUT2D eigenvalue weighted by Crippen LogP contribution is 2.90. The molecule has 314 valence electrons. The van der Waals surface area contributed by atoms with Gasteiger partial charge in [0.05, 0.1) is 31.0 Å². The largest absolute Gasteiger partial charge is 0.394 e. The lowest BCUT2D eigenvalue weighted by Crippen LogP contribution is -2.64. The highest BCUT2D eigenvalue weighted by atomic mass is 16.8. The average molecular weight is 783 g/mol. The second-order valence-corrected chi connectivity index (χ2v) is 21.1. The van der Waals surface area contributed by atoms with Gasteiger partial charge >= 0.3 is 0 Å². The molecule has 0 aromatic rings. The van der Waals surface area contributed by atoms with Crippen LogP contribution in [0.4, 0.5) is 0 Å². The summed E-state index contributed by atoms with van der Waals surface area (Å²) in [5.41, 5.74) is -2.43. The van der Waals surface area contributed by atoms with E-state index in [0.717, 1.165) is 44.9 Å². The summed E-state index contributed by atoms with van der Waals surface area (Å²) < 4.78 is 39.6. The maximum atomic E-state index is 11.5. The number of aliphatic hydroxyl groups excluding tert-OH is 7. The van der Waals surface area contributed by atoms with E-state index in [1.54, 1.807) is 13.8 Å². The van der Waals surface area contributed by atoms with Gasteiger partial charge in [-0.15, -0.1) is 0 Å². The summed E-state index contributed by atoms with van der Waals surface area (Å²) in [6.07, 6.45) is -6.96. The SMILES string of the molecule is C[C@@H]1C[C@@H]2O[C@]3(O[C@H]2C(C)(C)O)C1[C@@]1(C)CC[C@@]24C[C@@]25CCC(O[C@@H]2OC[C@H](O)[C@H](O)[C@H]2O)C(C)(C)C5CC[C@H]4[C@]1(C)[C@H]3O[C@@H]1O[C@H](CO)[C@@H](O)[C@H](O)[C@H]1O. The topological polar surface area (TPSA) is 217 Å². The normalized spacial score (nSPS) is 60.6. The van der Waals surface area contributed by atoms with Crippen molar-refractivity contribution in [3.8, 4) is 0 Å². The van der Waals surface area contributed by atoms with Gasteiger partial charge in [-0.05, 0) is 105 Å². The fourth-order valence-corrected chi connectivity index (χ4v) is 15.5. The second kappa shape index (κ2) is 12.5. The maximum absolute atomic E-state index is 11.5. The summed E-state index contributed by atoms with van der Waals surface area (Å²) in [5.74, 6) is -0.778. The Balaban J connectivity index is 1.08. The lowest BCUT2D eigenvalue weighted by molar-refractivity contribution is -0.362. The van der Waals surface area contributed by atoms with E-state index in [0.29, 0.717) is 12.3 Å². The summed E-state index contributed by atoms with van der Waals surface area (Å²) in [6, 6.07) is 0. The molecular formula is C41H66O14. The van der Waals surface area contributed by atoms with Crippen LogP contribution in [0.2, 0.25) is 0 Å². The molecule has 9 rings (SSSR count). The predicted molar refractivity (Wildman–Crippen MR) is 191 cm³/mol. The Morgan fingerprint density at radius 1 is 0.764 bits per heavy atom. The van der Waals surface area contributed by atoms with Crippen LogP contribution in [0.5, 0.6) is 0 Å². The standard InChI is InChI=1S/C41H66O14/c1-18-14-20-31(36(4,5)49)55-41(54-20)30(18)37(6)12-13-40-17-39(40)11-10-24(52-32-28(47)25(44)19(43)16-50-32)35(2,3)22(39)8-9-23(40)38(37,7)34(41)53-33-29(48)27(46)26(45)21(15-42)51-33/h18-34,42-49H,8-17H2,1-7H3/t18-,19+,20+,21-,22?,23+,24?,25+,26-,27+,28-,29-,30?,31-,32+,33+,34-,37-,38-,39-,40+,41+/m1/s1. The highest BCUT2D eigenvalue weighted by Gasteiger charge is 2.89. The molecule has 0 amide bonds. The third-order valence-electron chi connectivity index (χ3n) is 18.0. The van der Waals surface area contributed by atoms with Gasteiger partial charge in [-0.2, -0.15) is 0 Å². The van der Waals surface area contributed by atoms with E-state index in [9.17, 15) is 40.9 Å². The van der Waals surface area contributed by atoms with Crippen molar-refractivity contribution in [3.63, 3.8) is 0 Å². The summed E-state index contributed by atoms with van der Waals surface area (Å²) in [6.45, 7) is 14.3. The Morgan fingerprint density at radius 2 is 1.44 bits per heavy atom. The molecule has 4 saturated heterocycles. The van der Waals surface area contributed by atoms with Crippen LogP contribution in [0.3, 0.4) is 0 Å². The molecule has 3 unspecified atom stereocenters. The lowest BCUT2D eigenvalue weighted by atomic mass is 9.41. The minimum Gasteiger partial charge on any atom is -0.394 e. The van der Waals surface area contributed by atoms with Crippen LogP contribution in [0, 0.1) is 50.7 Å². The van der Waals surface area contributed by atoms with Crippen molar-refractivity contribution in [2.75, 3.05) is 13.2 Å². The van der Waals surface area contributed by atoms with Gasteiger partial charge in [0.25, 0.3) is 0 Å². The van der Waals surface area contributed by atoms with Crippen LogP contribution in [-0.2, 0) is 28.4 Å². The highest BCUT2D eigenvalue weighted by molar-refractivity contribution is 5.34. The monoisotopic (exact) mass is 782 g/mol. The molecular weight excluding hydrogens is 716 g/mol. The Bertz CT molecular complexity index is 1500. The number of aliphatic hydroxyl groups is 8. The van der Waals surface area contributed by atoms with Gasteiger partial charge in [0.1, 0.15) is 54.9 Å². The van der Waals surface area contributed by atoms with Crippen LogP contribution < -0.4 is 0 Å². The van der Waals surface area contributed by atoms with Gasteiger partial charge in [0, 0.05) is 11.3 Å². The zero-order valence-corrected chi connectivity index (χ0v) is 33.4. The van der Waals surface area contributed by atoms with E-state index < -0.39 is 90.9 Å². The van der Waals surface area contributed by atoms with E-state index in [2.05, 4.69) is 34.6 Å². The smallest absolute Gasteiger partial charge is 0.199 e. The molecule has 5 saturated carbocycles. The van der Waals surface area contributed by atoms with Crippen molar-refractivity contribution in [3.05, 3.63) is 0 Å². The first-order chi connectivity index (χ1) is 25.6. The van der Waals surface area contributed by atoms with Crippen LogP contribution >= 0.6 is 0 Å². The Hall–Kier alpha value is -0.560. The molecule has 5 aliphatic carbocycles. The Kier molecular flexibility index (Phi) is 9.06. The molecule has 14 heteroatoms. The number of rotatable bonds is 6. The number of hydrogen-bond donors (Lipinski definition) is 8. The van der Waals surface area contributed by atoms with E-state index in [1.165, 1.54) is 0 Å². The van der Waals surface area contributed by atoms with E-state index >= 15 is 0 Å². The Morgan fingerprint density at radius 3 is 2.13 bits per heavy atom. The molecule has 2 bridgehead atoms. The molecule has 8 N–H and O–H groups in total. The van der Waals surface area contributed by atoms with Crippen molar-refractivity contribution < 1.29 is 69.3 Å². The maximum Gasteiger partial charge on any atom is 0.199 e. The molecule has 4 heterocycles. The predicted octanol–water partition coefficient (Wildman–Crippen LogP) is 0.946. The van der Waals surface area contributed by atoms with Crippen molar-refractivity contribution in [1.82, 2.24) is 0 Å². The molecule has 0 radical (unpaired) electrons. The molecule has 0 aromatic heterocycles. The first-order valence-electron chi connectivity index (χ1n) is 21.0. The number of ether oxygens (including phenoxy) is 6.